The van der Waals surface area contributed by atoms with Gasteiger partial charge in [0.05, 0.1) is 11.7 Å². The smallest absolute Gasteiger partial charge is 0.319 e. The van der Waals surface area contributed by atoms with E-state index in [0.717, 1.165) is 64.8 Å². The molecular formula is C30H48N4O5. The highest BCUT2D eigenvalue weighted by Gasteiger charge is 2.30. The van der Waals surface area contributed by atoms with Gasteiger partial charge >= 0.3 is 6.03 Å². The van der Waals surface area contributed by atoms with Crippen LogP contribution in [0.3, 0.4) is 0 Å². The van der Waals surface area contributed by atoms with Crippen molar-refractivity contribution in [1.29, 1.82) is 0 Å². The fourth-order valence-electron chi connectivity index (χ4n) is 6.04. The van der Waals surface area contributed by atoms with Gasteiger partial charge in [0.15, 0.2) is 0 Å². The summed E-state index contributed by atoms with van der Waals surface area (Å²) in [5, 5.41) is 6.01. The van der Waals surface area contributed by atoms with Crippen LogP contribution in [0.4, 0.5) is 10.5 Å². The van der Waals surface area contributed by atoms with Gasteiger partial charge in [0.1, 0.15) is 12.4 Å². The van der Waals surface area contributed by atoms with E-state index < -0.39 is 0 Å². The van der Waals surface area contributed by atoms with E-state index in [-0.39, 0.29) is 36.0 Å². The number of ether oxygens (including phenoxy) is 3. The van der Waals surface area contributed by atoms with Crippen molar-refractivity contribution in [3.05, 3.63) is 23.8 Å². The van der Waals surface area contributed by atoms with Crippen molar-refractivity contribution in [3.63, 3.8) is 0 Å². The van der Waals surface area contributed by atoms with E-state index in [4.69, 9.17) is 14.2 Å². The number of hydrogen-bond donors (Lipinski definition) is 2. The lowest BCUT2D eigenvalue weighted by molar-refractivity contribution is 0.0000228. The second-order valence-corrected chi connectivity index (χ2v) is 11.8. The van der Waals surface area contributed by atoms with Crippen LogP contribution in [-0.2, 0) is 9.47 Å². The van der Waals surface area contributed by atoms with Gasteiger partial charge in [-0.2, -0.15) is 0 Å². The number of hydrogen-bond acceptors (Lipinski definition) is 6. The number of amides is 3. The number of likely N-dealkylation sites (N-methyl/N-ethyl adjacent to an activating group) is 1. The molecule has 0 bridgehead atoms. The standard InChI is InChI=1S/C30H48N4O5/c1-21-17-34(18-23-12-14-38-15-13-23)22(2)20-39-27-11-10-25(32-30(36)31-24-8-6-5-7-9-24)16-26(27)29(35)33(3)19-28(21)37-4/h10-11,16,21-24,28H,5-9,12-15,17-20H2,1-4H3,(H2,31,32,36)/t21-,22+,28+/m0/s1. The van der Waals surface area contributed by atoms with E-state index in [1.165, 1.54) is 6.42 Å². The Hall–Kier alpha value is -2.36. The number of benzene rings is 1. The molecule has 3 atom stereocenters. The van der Waals surface area contributed by atoms with Crippen LogP contribution in [-0.4, -0.2) is 93.5 Å². The lowest BCUT2D eigenvalue weighted by atomic mass is 9.96. The lowest BCUT2D eigenvalue weighted by Gasteiger charge is -2.38. The Morgan fingerprint density at radius 1 is 1.08 bits per heavy atom. The number of fused-ring (bicyclic) bond motifs is 1. The van der Waals surface area contributed by atoms with Gasteiger partial charge in [-0.15, -0.1) is 0 Å². The topological polar surface area (TPSA) is 92.4 Å². The first-order valence-electron chi connectivity index (χ1n) is 14.8. The molecule has 4 rings (SSSR count). The Bertz CT molecular complexity index is 947. The van der Waals surface area contributed by atoms with Crippen LogP contribution in [0.25, 0.3) is 0 Å². The van der Waals surface area contributed by atoms with Gasteiger partial charge in [0.25, 0.3) is 5.91 Å². The number of nitrogens with zero attached hydrogens (tertiary/aromatic N) is 2. The molecule has 9 nitrogen and oxygen atoms in total. The summed E-state index contributed by atoms with van der Waals surface area (Å²) in [4.78, 5) is 30.5. The molecule has 9 heteroatoms. The molecule has 2 aliphatic heterocycles. The molecule has 0 aromatic heterocycles. The summed E-state index contributed by atoms with van der Waals surface area (Å²) in [6.45, 7) is 8.84. The number of nitrogens with one attached hydrogen (secondary N) is 2. The average Bonchev–Trinajstić information content (AvgIpc) is 2.94. The third-order valence-electron chi connectivity index (χ3n) is 8.61. The highest BCUT2D eigenvalue weighted by Crippen LogP contribution is 2.27. The number of methoxy groups -OCH3 is 1. The first-order valence-corrected chi connectivity index (χ1v) is 14.8. The van der Waals surface area contributed by atoms with E-state index in [2.05, 4.69) is 29.4 Å². The van der Waals surface area contributed by atoms with Crippen LogP contribution in [0.2, 0.25) is 0 Å². The molecule has 1 aromatic carbocycles. The summed E-state index contributed by atoms with van der Waals surface area (Å²) in [5.41, 5.74) is 1.02. The van der Waals surface area contributed by atoms with Gasteiger partial charge in [0.2, 0.25) is 0 Å². The minimum absolute atomic E-state index is 0.102. The molecular weight excluding hydrogens is 496 g/mol. The van der Waals surface area contributed by atoms with E-state index in [1.807, 2.05) is 6.07 Å². The molecule has 2 fully saturated rings. The first-order chi connectivity index (χ1) is 18.8. The summed E-state index contributed by atoms with van der Waals surface area (Å²) in [6.07, 6.45) is 7.60. The summed E-state index contributed by atoms with van der Waals surface area (Å²) in [7, 11) is 3.52. The van der Waals surface area contributed by atoms with Crippen molar-refractivity contribution in [1.82, 2.24) is 15.1 Å². The first kappa shape index (κ1) is 29.6. The Morgan fingerprint density at radius 2 is 1.82 bits per heavy atom. The fourth-order valence-corrected chi connectivity index (χ4v) is 6.04. The zero-order valence-corrected chi connectivity index (χ0v) is 24.2. The van der Waals surface area contributed by atoms with Crippen molar-refractivity contribution in [2.75, 3.05) is 58.9 Å². The molecule has 1 saturated carbocycles. The summed E-state index contributed by atoms with van der Waals surface area (Å²) >= 11 is 0. The molecule has 39 heavy (non-hydrogen) atoms. The molecule has 0 unspecified atom stereocenters. The third-order valence-corrected chi connectivity index (χ3v) is 8.61. The Labute approximate surface area is 233 Å². The molecule has 0 spiro atoms. The molecule has 3 amide bonds. The SMILES string of the molecule is CO[C@@H]1CN(C)C(=O)c2cc(NC(=O)NC3CCCCC3)ccc2OC[C@@H](C)N(CC2CCOCC2)C[C@@H]1C. The predicted octanol–water partition coefficient (Wildman–Crippen LogP) is 4.37. The monoisotopic (exact) mass is 544 g/mol. The van der Waals surface area contributed by atoms with Crippen LogP contribution in [0, 0.1) is 11.8 Å². The van der Waals surface area contributed by atoms with Crippen molar-refractivity contribution >= 4 is 17.6 Å². The quantitative estimate of drug-likeness (QED) is 0.572. The van der Waals surface area contributed by atoms with Gasteiger partial charge in [-0.1, -0.05) is 26.2 Å². The predicted molar refractivity (Wildman–Crippen MR) is 152 cm³/mol. The molecule has 1 aliphatic carbocycles. The van der Waals surface area contributed by atoms with Crippen LogP contribution >= 0.6 is 0 Å². The maximum absolute atomic E-state index is 13.6. The minimum Gasteiger partial charge on any atom is -0.491 e. The molecule has 0 radical (unpaired) electrons. The van der Waals surface area contributed by atoms with Gasteiger partial charge in [-0.3, -0.25) is 9.69 Å². The number of carbonyl (C=O) groups excluding carboxylic acids is 2. The van der Waals surface area contributed by atoms with Crippen molar-refractivity contribution in [2.24, 2.45) is 11.8 Å². The second-order valence-electron chi connectivity index (χ2n) is 11.8. The van der Waals surface area contributed by atoms with Crippen LogP contribution in [0.1, 0.15) is 69.2 Å². The van der Waals surface area contributed by atoms with Crippen molar-refractivity contribution in [3.8, 4) is 5.75 Å². The van der Waals surface area contributed by atoms with Crippen molar-refractivity contribution < 1.29 is 23.8 Å². The molecule has 1 saturated heterocycles. The number of anilines is 1. The average molecular weight is 545 g/mol. The van der Waals surface area contributed by atoms with Gasteiger partial charge in [-0.25, -0.2) is 4.79 Å². The van der Waals surface area contributed by atoms with Gasteiger partial charge in [-0.05, 0) is 62.6 Å². The van der Waals surface area contributed by atoms with Crippen LogP contribution in [0.5, 0.6) is 5.75 Å². The minimum atomic E-state index is -0.234. The summed E-state index contributed by atoms with van der Waals surface area (Å²) < 4.78 is 17.8. The molecule has 1 aromatic rings. The number of rotatable bonds is 5. The van der Waals surface area contributed by atoms with Gasteiger partial charge < -0.3 is 29.7 Å². The lowest BCUT2D eigenvalue weighted by Crippen LogP contribution is -2.48. The largest absolute Gasteiger partial charge is 0.491 e. The van der Waals surface area contributed by atoms with E-state index in [1.54, 1.807) is 31.2 Å². The van der Waals surface area contributed by atoms with E-state index >= 15 is 0 Å². The zero-order chi connectivity index (χ0) is 27.8. The van der Waals surface area contributed by atoms with Crippen LogP contribution < -0.4 is 15.4 Å². The Morgan fingerprint density at radius 3 is 2.54 bits per heavy atom. The maximum atomic E-state index is 13.6. The fraction of sp³-hybridized carbons (Fsp3) is 0.733. The molecule has 218 valence electrons. The molecule has 3 aliphatic rings. The zero-order valence-electron chi connectivity index (χ0n) is 24.2. The maximum Gasteiger partial charge on any atom is 0.319 e. The summed E-state index contributed by atoms with van der Waals surface area (Å²) in [5.74, 6) is 1.21. The Balaban J connectivity index is 1.52. The van der Waals surface area contributed by atoms with Crippen molar-refractivity contribution in [2.45, 2.75) is 77.0 Å². The van der Waals surface area contributed by atoms with Crippen LogP contribution in [0.15, 0.2) is 18.2 Å². The summed E-state index contributed by atoms with van der Waals surface area (Å²) in [6, 6.07) is 5.47. The van der Waals surface area contributed by atoms with E-state index in [0.29, 0.717) is 36.1 Å². The molecule has 2 heterocycles. The highest BCUT2D eigenvalue weighted by molar-refractivity contribution is 5.99. The normalized spacial score (nSPS) is 26.6. The number of urea groups is 1. The van der Waals surface area contributed by atoms with E-state index in [9.17, 15) is 9.59 Å². The highest BCUT2D eigenvalue weighted by atomic mass is 16.5. The third kappa shape index (κ3) is 8.32. The molecule has 2 N–H and O–H groups in total. The Kier molecular flexibility index (Phi) is 10.9. The van der Waals surface area contributed by atoms with Gasteiger partial charge in [0, 0.05) is 64.8 Å². The number of carbonyl (C=O) groups is 2. The second kappa shape index (κ2) is 14.3.